The predicted molar refractivity (Wildman–Crippen MR) is 134 cm³/mol. The van der Waals surface area contributed by atoms with Crippen LogP contribution in [0.3, 0.4) is 0 Å². The van der Waals surface area contributed by atoms with Crippen LogP contribution in [0.5, 0.6) is 0 Å². The van der Waals surface area contributed by atoms with Crippen molar-refractivity contribution in [2.75, 3.05) is 13.1 Å². The fourth-order valence-electron chi connectivity index (χ4n) is 4.52. The molecule has 1 saturated heterocycles. The Hall–Kier alpha value is -2.98. The molecule has 0 bridgehead atoms. The molecule has 206 valence electrons. The predicted octanol–water partition coefficient (Wildman–Crippen LogP) is 5.35. The Morgan fingerprint density at radius 3 is 2.24 bits per heavy atom. The van der Waals surface area contributed by atoms with Gasteiger partial charge in [0.15, 0.2) is 0 Å². The van der Waals surface area contributed by atoms with E-state index in [0.29, 0.717) is 37.0 Å². The molecule has 1 fully saturated rings. The standard InChI is InChI=1S/C26H38F3N5O3/c1-16(24(2,3)4)33(21(35)26(27,28)29)15-17-8-9-20-19(14-17)31-22(30)34(20)18-10-12-32(13-11-18)23(36)37-25(5,6)7/h8-9,14,16,18H,10-13,15H2,1-7H3,(H2,30,31). The molecule has 2 amide bonds. The Bertz CT molecular complexity index is 1200. The molecule has 1 aliphatic rings. The lowest BCUT2D eigenvalue weighted by Gasteiger charge is -2.38. The second-order valence-electron chi connectivity index (χ2n) is 11.9. The van der Waals surface area contributed by atoms with Gasteiger partial charge in [0.05, 0.1) is 11.0 Å². The van der Waals surface area contributed by atoms with Crippen LogP contribution in [0, 0.1) is 10.8 Å². The van der Waals surface area contributed by atoms with Crippen LogP contribution in [0.2, 0.25) is 0 Å². The van der Waals surface area contributed by atoms with Crippen molar-refractivity contribution in [2.24, 2.45) is 5.41 Å². The number of halogens is 3. The van der Waals surface area contributed by atoms with E-state index >= 15 is 0 Å². The molecule has 2 aromatic rings. The van der Waals surface area contributed by atoms with Gasteiger partial charge < -0.3 is 24.1 Å². The van der Waals surface area contributed by atoms with Crippen molar-refractivity contribution in [3.8, 4) is 0 Å². The number of imidazole rings is 1. The molecule has 1 unspecified atom stereocenters. The molecule has 37 heavy (non-hydrogen) atoms. The molecule has 3 rings (SSSR count). The summed E-state index contributed by atoms with van der Waals surface area (Å²) in [6, 6.07) is 4.50. The third-order valence-corrected chi connectivity index (χ3v) is 6.87. The molecule has 1 atom stereocenters. The van der Waals surface area contributed by atoms with Crippen molar-refractivity contribution in [3.63, 3.8) is 0 Å². The van der Waals surface area contributed by atoms with Crippen LogP contribution in [-0.4, -0.2) is 62.3 Å². The first-order chi connectivity index (χ1) is 16.9. The maximum atomic E-state index is 13.4. The lowest BCUT2D eigenvalue weighted by atomic mass is 9.86. The largest absolute Gasteiger partial charge is 0.471 e. The second-order valence-corrected chi connectivity index (χ2v) is 11.9. The van der Waals surface area contributed by atoms with E-state index < -0.39 is 29.1 Å². The number of piperidine rings is 1. The van der Waals surface area contributed by atoms with Crippen LogP contribution >= 0.6 is 0 Å². The van der Waals surface area contributed by atoms with Crippen LogP contribution in [0.25, 0.3) is 11.0 Å². The molecular formula is C26H38F3N5O3. The van der Waals surface area contributed by atoms with Gasteiger partial charge in [-0.05, 0) is 63.6 Å². The first kappa shape index (κ1) is 28.6. The van der Waals surface area contributed by atoms with Crippen LogP contribution in [0.4, 0.5) is 18.0 Å². The Kier molecular flexibility index (Phi) is 7.77. The number of fused-ring (bicyclic) bond motifs is 1. The van der Waals surface area contributed by atoms with Gasteiger partial charge in [0.25, 0.3) is 0 Å². The highest BCUT2D eigenvalue weighted by Crippen LogP contribution is 2.31. The van der Waals surface area contributed by atoms with E-state index in [1.165, 1.54) is 0 Å². The van der Waals surface area contributed by atoms with Crippen LogP contribution < -0.4 is 5.62 Å². The van der Waals surface area contributed by atoms with E-state index in [1.54, 1.807) is 50.8 Å². The second kappa shape index (κ2) is 10.1. The van der Waals surface area contributed by atoms with Crippen molar-refractivity contribution in [1.82, 2.24) is 19.4 Å². The number of H-pyrrole nitrogens is 1. The number of likely N-dealkylation sites (tertiary alicyclic amines) is 1. The van der Waals surface area contributed by atoms with Crippen molar-refractivity contribution >= 4 is 23.0 Å². The van der Waals surface area contributed by atoms with Gasteiger partial charge in [0.2, 0.25) is 5.62 Å². The molecule has 2 heterocycles. The number of carbonyl (C=O) groups is 2. The summed E-state index contributed by atoms with van der Waals surface area (Å²) < 4.78 is 47.4. The molecule has 11 heteroatoms. The smallest absolute Gasteiger partial charge is 0.444 e. The van der Waals surface area contributed by atoms with Gasteiger partial charge in [0.1, 0.15) is 5.60 Å². The Morgan fingerprint density at radius 2 is 1.73 bits per heavy atom. The van der Waals surface area contributed by atoms with Gasteiger partial charge in [-0.3, -0.25) is 10.2 Å². The number of carbonyl (C=O) groups excluding carboxylic acids is 2. The van der Waals surface area contributed by atoms with E-state index in [4.69, 9.17) is 10.1 Å². The lowest BCUT2D eigenvalue weighted by molar-refractivity contribution is -0.190. The van der Waals surface area contributed by atoms with Crippen molar-refractivity contribution in [1.29, 1.82) is 5.41 Å². The number of aromatic amines is 1. The fourth-order valence-corrected chi connectivity index (χ4v) is 4.52. The monoisotopic (exact) mass is 525 g/mol. The molecule has 0 spiro atoms. The average Bonchev–Trinajstić information content (AvgIpc) is 3.09. The van der Waals surface area contributed by atoms with Gasteiger partial charge in [-0.1, -0.05) is 26.8 Å². The van der Waals surface area contributed by atoms with E-state index in [9.17, 15) is 22.8 Å². The van der Waals surface area contributed by atoms with Gasteiger partial charge in [-0.25, -0.2) is 4.79 Å². The highest BCUT2D eigenvalue weighted by molar-refractivity contribution is 5.82. The highest BCUT2D eigenvalue weighted by atomic mass is 19.4. The maximum absolute atomic E-state index is 13.4. The summed E-state index contributed by atoms with van der Waals surface area (Å²) >= 11 is 0. The number of amides is 2. The average molecular weight is 526 g/mol. The zero-order valence-corrected chi connectivity index (χ0v) is 22.6. The van der Waals surface area contributed by atoms with Crippen molar-refractivity contribution < 1.29 is 27.5 Å². The zero-order valence-electron chi connectivity index (χ0n) is 22.6. The number of nitrogens with zero attached hydrogens (tertiary/aromatic N) is 3. The number of aromatic nitrogens is 2. The van der Waals surface area contributed by atoms with Gasteiger partial charge in [-0.15, -0.1) is 0 Å². The third-order valence-electron chi connectivity index (χ3n) is 6.87. The SMILES string of the molecule is CC(N(Cc1ccc2c(c1)[nH]c(=N)n2C1CCN(C(=O)OC(C)(C)C)CC1)C(=O)C(F)(F)F)C(C)(C)C. The molecule has 1 aliphatic heterocycles. The molecule has 0 aliphatic carbocycles. The number of benzene rings is 1. The molecule has 0 radical (unpaired) electrons. The minimum atomic E-state index is -4.97. The number of rotatable bonds is 4. The Morgan fingerprint density at radius 1 is 1.14 bits per heavy atom. The van der Waals surface area contributed by atoms with Crippen LogP contribution in [-0.2, 0) is 16.1 Å². The molecule has 1 aromatic carbocycles. The molecule has 8 nitrogen and oxygen atoms in total. The molecular weight excluding hydrogens is 487 g/mol. The first-order valence-electron chi connectivity index (χ1n) is 12.5. The lowest BCUT2D eigenvalue weighted by Crippen LogP contribution is -2.50. The molecule has 2 N–H and O–H groups in total. The minimum absolute atomic E-state index is 0.0185. The number of hydrogen-bond acceptors (Lipinski definition) is 4. The number of ether oxygens (including phenoxy) is 1. The van der Waals surface area contributed by atoms with E-state index in [0.717, 1.165) is 10.4 Å². The minimum Gasteiger partial charge on any atom is -0.444 e. The summed E-state index contributed by atoms with van der Waals surface area (Å²) in [7, 11) is 0. The Balaban J connectivity index is 1.82. The van der Waals surface area contributed by atoms with Crippen LogP contribution in [0.1, 0.15) is 72.9 Å². The maximum Gasteiger partial charge on any atom is 0.471 e. The van der Waals surface area contributed by atoms with Crippen molar-refractivity contribution in [2.45, 2.75) is 91.7 Å². The topological polar surface area (TPSA) is 94.4 Å². The number of hydrogen-bond donors (Lipinski definition) is 2. The van der Waals surface area contributed by atoms with E-state index in [1.807, 2.05) is 25.3 Å². The van der Waals surface area contributed by atoms with E-state index in [-0.39, 0.29) is 24.3 Å². The Labute approximate surface area is 215 Å². The number of nitrogens with one attached hydrogen (secondary N) is 2. The summed E-state index contributed by atoms with van der Waals surface area (Å²) in [5.74, 6) is -1.87. The van der Waals surface area contributed by atoms with E-state index in [2.05, 4.69) is 4.98 Å². The quantitative estimate of drug-likeness (QED) is 0.564. The summed E-state index contributed by atoms with van der Waals surface area (Å²) in [5, 5.41) is 8.49. The summed E-state index contributed by atoms with van der Waals surface area (Å²) in [6.45, 7) is 13.3. The van der Waals surface area contributed by atoms with Crippen LogP contribution in [0.15, 0.2) is 18.2 Å². The third kappa shape index (κ3) is 6.67. The van der Waals surface area contributed by atoms with Gasteiger partial charge in [0, 0.05) is 31.7 Å². The first-order valence-corrected chi connectivity index (χ1v) is 12.5. The fraction of sp³-hybridized carbons (Fsp3) is 0.654. The summed E-state index contributed by atoms with van der Waals surface area (Å²) in [6.07, 6.45) is -4.04. The summed E-state index contributed by atoms with van der Waals surface area (Å²) in [5.41, 5.74) is 0.949. The van der Waals surface area contributed by atoms with Crippen molar-refractivity contribution in [3.05, 3.63) is 29.4 Å². The van der Waals surface area contributed by atoms with Gasteiger partial charge in [-0.2, -0.15) is 13.2 Å². The number of alkyl halides is 3. The van der Waals surface area contributed by atoms with Gasteiger partial charge >= 0.3 is 18.2 Å². The zero-order chi connectivity index (χ0) is 27.9. The normalized spacial score (nSPS) is 16.6. The highest BCUT2D eigenvalue weighted by Gasteiger charge is 2.45. The molecule has 1 aromatic heterocycles. The molecule has 0 saturated carbocycles. The summed E-state index contributed by atoms with van der Waals surface area (Å²) in [4.78, 5) is 30.2.